The molecule has 1 aromatic heterocycles. The maximum absolute atomic E-state index is 14.2. The number of halogens is 2. The van der Waals surface area contributed by atoms with E-state index in [0.717, 1.165) is 27.5 Å². The molecular weight excluding hydrogens is 679 g/mol. The van der Waals surface area contributed by atoms with Crippen LogP contribution >= 0.6 is 46.3 Å². The number of hydrogen-bond acceptors (Lipinski definition) is 8. The Labute approximate surface area is 288 Å². The van der Waals surface area contributed by atoms with Crippen LogP contribution in [0.15, 0.2) is 76.6 Å². The minimum atomic E-state index is -0.476. The number of rotatable bonds is 7. The summed E-state index contributed by atoms with van der Waals surface area (Å²) in [5, 5.41) is 2.00. The van der Waals surface area contributed by atoms with Gasteiger partial charge in [-0.05, 0) is 91.3 Å². The van der Waals surface area contributed by atoms with Gasteiger partial charge < -0.3 is 14.5 Å². The highest BCUT2D eigenvalue weighted by Crippen LogP contribution is 2.69. The molecule has 2 aliphatic carbocycles. The molecule has 4 aromatic rings. The van der Waals surface area contributed by atoms with E-state index in [0.29, 0.717) is 33.7 Å². The Hall–Kier alpha value is -3.57. The zero-order valence-electron chi connectivity index (χ0n) is 25.0. The monoisotopic (exact) mass is 706 g/mol. The number of fused-ring (bicyclic) bond motifs is 9. The number of anilines is 1. The number of thiazole rings is 1. The van der Waals surface area contributed by atoms with Crippen molar-refractivity contribution >= 4 is 69.8 Å². The number of hydrogen-bond donors (Lipinski definition) is 1. The summed E-state index contributed by atoms with van der Waals surface area (Å²) < 4.78 is 11.5. The Bertz CT molecular complexity index is 1980. The second-order valence-corrected chi connectivity index (χ2v) is 15.4. The molecule has 4 aliphatic rings. The minimum absolute atomic E-state index is 0.00925. The molecular formula is C35H28Cl2N2O6S2. The van der Waals surface area contributed by atoms with E-state index in [1.54, 1.807) is 49.0 Å². The fourth-order valence-corrected chi connectivity index (χ4v) is 11.4. The van der Waals surface area contributed by atoms with Crippen molar-refractivity contribution in [2.75, 3.05) is 11.5 Å². The van der Waals surface area contributed by atoms with Crippen molar-refractivity contribution in [1.29, 1.82) is 0 Å². The van der Waals surface area contributed by atoms with E-state index in [1.165, 1.54) is 16.2 Å². The molecule has 8 nitrogen and oxygen atoms in total. The van der Waals surface area contributed by atoms with E-state index >= 15 is 0 Å². The summed E-state index contributed by atoms with van der Waals surface area (Å²) in [4.78, 5) is 58.3. The standard InChI is InChI=1S/C35H28Cl2N2O6S2/c1-2-44-34(42)17-5-10-20(11-6-17)39-32(40)27-22-14-23(28(27)33(39)41)29-26(22)25(30-31(46-29)38-35(43)47-30)21-13-19(37)9-12-24(21)45-15-16-3-7-18(36)8-4-16/h3-13,22-23,25-29H,2,14-15H2,1H3,(H,38,43)/t22-,23-,25?,26?,27?,28?,29?/m1/s1. The van der Waals surface area contributed by atoms with Crippen molar-refractivity contribution in [1.82, 2.24) is 4.98 Å². The van der Waals surface area contributed by atoms with Crippen LogP contribution in [0.5, 0.6) is 5.75 Å². The van der Waals surface area contributed by atoms with Gasteiger partial charge >= 0.3 is 10.8 Å². The summed E-state index contributed by atoms with van der Waals surface area (Å²) in [6, 6.07) is 19.5. The predicted molar refractivity (Wildman–Crippen MR) is 181 cm³/mol. The quantitative estimate of drug-likeness (QED) is 0.160. The Morgan fingerprint density at radius 3 is 2.36 bits per heavy atom. The van der Waals surface area contributed by atoms with E-state index in [1.807, 2.05) is 36.4 Å². The van der Waals surface area contributed by atoms with Crippen molar-refractivity contribution in [3.05, 3.63) is 108 Å². The average Bonchev–Trinajstić information content (AvgIpc) is 3.80. The molecule has 3 heterocycles. The molecule has 2 amide bonds. The Balaban J connectivity index is 1.15. The highest BCUT2D eigenvalue weighted by Gasteiger charge is 2.69. The fraction of sp³-hybridized carbons (Fsp3) is 0.314. The number of amides is 2. The van der Waals surface area contributed by atoms with Crippen LogP contribution in [-0.4, -0.2) is 34.6 Å². The lowest BCUT2D eigenvalue weighted by molar-refractivity contribution is -0.123. The second-order valence-electron chi connectivity index (χ2n) is 12.3. The number of carbonyl (C=O) groups excluding carboxylic acids is 3. The number of nitrogens with one attached hydrogen (secondary N) is 1. The molecule has 1 saturated heterocycles. The van der Waals surface area contributed by atoms with Gasteiger partial charge in [0.1, 0.15) is 12.4 Å². The molecule has 0 spiro atoms. The van der Waals surface area contributed by atoms with Gasteiger partial charge in [0, 0.05) is 31.7 Å². The highest BCUT2D eigenvalue weighted by molar-refractivity contribution is 8.00. The van der Waals surface area contributed by atoms with Gasteiger partial charge in [0.15, 0.2) is 0 Å². The van der Waals surface area contributed by atoms with Crippen LogP contribution in [0.1, 0.15) is 45.6 Å². The van der Waals surface area contributed by atoms with E-state index in [2.05, 4.69) is 4.98 Å². The van der Waals surface area contributed by atoms with Crippen molar-refractivity contribution < 1.29 is 23.9 Å². The van der Waals surface area contributed by atoms with Gasteiger partial charge in [0.25, 0.3) is 0 Å². The molecule has 3 aromatic carbocycles. The molecule has 240 valence electrons. The molecule has 2 aliphatic heterocycles. The molecule has 1 N–H and O–H groups in total. The number of aromatic amines is 1. The van der Waals surface area contributed by atoms with Gasteiger partial charge in [-0.1, -0.05) is 46.7 Å². The maximum Gasteiger partial charge on any atom is 0.338 e. The topological polar surface area (TPSA) is 106 Å². The summed E-state index contributed by atoms with van der Waals surface area (Å²) in [5.41, 5.74) is 2.62. The summed E-state index contributed by atoms with van der Waals surface area (Å²) in [6.07, 6.45) is 0.752. The van der Waals surface area contributed by atoms with Crippen molar-refractivity contribution in [2.24, 2.45) is 29.6 Å². The third-order valence-corrected chi connectivity index (χ3v) is 13.1. The molecule has 3 fully saturated rings. The largest absolute Gasteiger partial charge is 0.489 e. The number of nitrogens with zero attached hydrogens (tertiary/aromatic N) is 1. The molecule has 47 heavy (non-hydrogen) atoms. The molecule has 12 heteroatoms. The van der Waals surface area contributed by atoms with Gasteiger partial charge in [-0.3, -0.25) is 19.3 Å². The van der Waals surface area contributed by atoms with Gasteiger partial charge in [-0.25, -0.2) is 4.79 Å². The molecule has 0 radical (unpaired) electrons. The number of H-pyrrole nitrogens is 1. The zero-order valence-corrected chi connectivity index (χ0v) is 28.1. The molecule has 5 unspecified atom stereocenters. The molecule has 8 rings (SSSR count). The third kappa shape index (κ3) is 5.03. The average molecular weight is 708 g/mol. The first-order chi connectivity index (χ1) is 22.7. The second kappa shape index (κ2) is 11.8. The van der Waals surface area contributed by atoms with Crippen LogP contribution in [0.2, 0.25) is 10.0 Å². The number of carbonyl (C=O) groups is 3. The highest BCUT2D eigenvalue weighted by atomic mass is 35.5. The summed E-state index contributed by atoms with van der Waals surface area (Å²) in [6.45, 7) is 2.30. The van der Waals surface area contributed by atoms with E-state index < -0.39 is 17.8 Å². The van der Waals surface area contributed by atoms with Crippen LogP contribution in [0.25, 0.3) is 0 Å². The summed E-state index contributed by atoms with van der Waals surface area (Å²) >= 11 is 15.5. The number of aromatic nitrogens is 1. The first-order valence-corrected chi connectivity index (χ1v) is 17.9. The van der Waals surface area contributed by atoms with E-state index in [-0.39, 0.29) is 52.2 Å². The number of imide groups is 1. The zero-order chi connectivity index (χ0) is 32.6. The van der Waals surface area contributed by atoms with Crippen LogP contribution in [0, 0.1) is 29.6 Å². The minimum Gasteiger partial charge on any atom is -0.489 e. The first-order valence-electron chi connectivity index (χ1n) is 15.4. The van der Waals surface area contributed by atoms with E-state index in [4.69, 9.17) is 32.7 Å². The fourth-order valence-electron chi connectivity index (χ4n) is 8.22. The lowest BCUT2D eigenvalue weighted by Crippen LogP contribution is -2.42. The lowest BCUT2D eigenvalue weighted by Gasteiger charge is -2.43. The SMILES string of the molecule is CCOC(=O)c1ccc(N2C(=O)C3C(C2=O)[C@@H]2C[C@H]3C3Sc4[nH]c(=O)sc4C(c4cc(Cl)ccc4OCc4ccc(Cl)cc4)C32)cc1. The number of esters is 1. The van der Waals surface area contributed by atoms with Crippen LogP contribution in [0.3, 0.4) is 0 Å². The predicted octanol–water partition coefficient (Wildman–Crippen LogP) is 7.18. The third-order valence-electron chi connectivity index (χ3n) is 9.98. The molecule has 7 atom stereocenters. The number of ether oxygens (including phenoxy) is 2. The Kier molecular flexibility index (Phi) is 7.74. The van der Waals surface area contributed by atoms with Gasteiger partial charge in [0.2, 0.25) is 11.8 Å². The summed E-state index contributed by atoms with van der Waals surface area (Å²) in [5.74, 6) is -1.54. The Morgan fingerprint density at radius 2 is 1.64 bits per heavy atom. The maximum atomic E-state index is 14.2. The smallest absolute Gasteiger partial charge is 0.338 e. The number of benzene rings is 3. The Morgan fingerprint density at radius 1 is 0.936 bits per heavy atom. The van der Waals surface area contributed by atoms with Gasteiger partial charge in [0.05, 0.1) is 34.7 Å². The van der Waals surface area contributed by atoms with Crippen LogP contribution in [-0.2, 0) is 20.9 Å². The van der Waals surface area contributed by atoms with Crippen molar-refractivity contribution in [2.45, 2.75) is 36.1 Å². The van der Waals surface area contributed by atoms with Crippen molar-refractivity contribution in [3.63, 3.8) is 0 Å². The van der Waals surface area contributed by atoms with Crippen LogP contribution in [0.4, 0.5) is 5.69 Å². The lowest BCUT2D eigenvalue weighted by atomic mass is 9.68. The molecule has 2 bridgehead atoms. The van der Waals surface area contributed by atoms with Crippen LogP contribution < -0.4 is 14.5 Å². The molecule has 2 saturated carbocycles. The number of thioether (sulfide) groups is 1. The van der Waals surface area contributed by atoms with Crippen molar-refractivity contribution in [3.8, 4) is 5.75 Å². The van der Waals surface area contributed by atoms with E-state index in [9.17, 15) is 19.2 Å². The first kappa shape index (κ1) is 30.7. The summed E-state index contributed by atoms with van der Waals surface area (Å²) in [7, 11) is 0. The normalized spacial score (nSPS) is 27.0. The van der Waals surface area contributed by atoms with Gasteiger partial charge in [-0.15, -0.1) is 11.8 Å². The van der Waals surface area contributed by atoms with Gasteiger partial charge in [-0.2, -0.15) is 0 Å².